The van der Waals surface area contributed by atoms with Gasteiger partial charge in [0.2, 0.25) is 0 Å². The number of amides is 1. The summed E-state index contributed by atoms with van der Waals surface area (Å²) >= 11 is 1.47. The average Bonchev–Trinajstić information content (AvgIpc) is 3.09. The molecule has 2 heterocycles. The van der Waals surface area contributed by atoms with E-state index in [-0.39, 0.29) is 12.5 Å². The molecule has 1 aromatic carbocycles. The molecule has 0 spiro atoms. The second-order valence-corrected chi connectivity index (χ2v) is 7.90. The van der Waals surface area contributed by atoms with Crippen LogP contribution in [0.3, 0.4) is 0 Å². The summed E-state index contributed by atoms with van der Waals surface area (Å²) in [6, 6.07) is 9.09. The number of aryl methyl sites for hydroxylation is 1. The summed E-state index contributed by atoms with van der Waals surface area (Å²) in [5, 5.41) is 3.86. The Hall–Kier alpha value is -2.28. The molecule has 0 aliphatic carbocycles. The smallest absolute Gasteiger partial charge is 0.339 e. The van der Waals surface area contributed by atoms with E-state index in [1.54, 1.807) is 17.0 Å². The Bertz CT molecular complexity index is 805. The molecule has 3 rings (SSSR count). The highest BCUT2D eigenvalue weighted by Crippen LogP contribution is 2.27. The molecule has 1 aromatic heterocycles. The maximum atomic E-state index is 12.5. The Morgan fingerprint density at radius 1 is 1.37 bits per heavy atom. The zero-order chi connectivity index (χ0) is 19.2. The van der Waals surface area contributed by atoms with Crippen molar-refractivity contribution in [3.63, 3.8) is 0 Å². The van der Waals surface area contributed by atoms with Crippen LogP contribution in [0.15, 0.2) is 39.8 Å². The van der Waals surface area contributed by atoms with Crippen molar-refractivity contribution in [1.29, 1.82) is 0 Å². The van der Waals surface area contributed by atoms with Crippen LogP contribution < -0.4 is 0 Å². The van der Waals surface area contributed by atoms with Crippen LogP contribution in [-0.4, -0.2) is 41.6 Å². The van der Waals surface area contributed by atoms with E-state index in [4.69, 9.17) is 9.26 Å². The van der Waals surface area contributed by atoms with Crippen LogP contribution in [0.2, 0.25) is 0 Å². The summed E-state index contributed by atoms with van der Waals surface area (Å²) in [6.07, 6.45) is 2.14. The lowest BCUT2D eigenvalue weighted by Crippen LogP contribution is -2.41. The quantitative estimate of drug-likeness (QED) is 0.555. The van der Waals surface area contributed by atoms with E-state index in [1.165, 1.54) is 11.8 Å². The maximum Gasteiger partial charge on any atom is 0.339 e. The molecule has 1 atom stereocenters. The summed E-state index contributed by atoms with van der Waals surface area (Å²) in [4.78, 5) is 27.4. The highest BCUT2D eigenvalue weighted by atomic mass is 32.2. The van der Waals surface area contributed by atoms with Gasteiger partial charge in [-0.15, -0.1) is 11.8 Å². The number of piperidine rings is 1. The molecule has 0 saturated carbocycles. The van der Waals surface area contributed by atoms with E-state index in [1.807, 2.05) is 25.1 Å². The van der Waals surface area contributed by atoms with Gasteiger partial charge in [-0.2, -0.15) is 0 Å². The number of thioether (sulfide) groups is 1. The molecule has 2 aromatic rings. The van der Waals surface area contributed by atoms with Crippen LogP contribution in [0.25, 0.3) is 0 Å². The van der Waals surface area contributed by atoms with Crippen molar-refractivity contribution in [2.45, 2.75) is 37.3 Å². The van der Waals surface area contributed by atoms with Crippen molar-refractivity contribution < 1.29 is 18.8 Å². The lowest BCUT2D eigenvalue weighted by atomic mass is 10.0. The molecule has 1 saturated heterocycles. The normalized spacial score (nSPS) is 17.0. The van der Waals surface area contributed by atoms with Gasteiger partial charge in [-0.1, -0.05) is 24.2 Å². The fraction of sp³-hybridized carbons (Fsp3) is 0.450. The number of hydrogen-bond acceptors (Lipinski definition) is 6. The zero-order valence-corrected chi connectivity index (χ0v) is 16.5. The molecule has 1 fully saturated rings. The van der Waals surface area contributed by atoms with Crippen LogP contribution >= 0.6 is 11.8 Å². The molecule has 6 nitrogen and oxygen atoms in total. The fourth-order valence-corrected chi connectivity index (χ4v) is 4.02. The maximum absolute atomic E-state index is 12.5. The van der Waals surface area contributed by atoms with Crippen LogP contribution in [0.4, 0.5) is 0 Å². The Balaban J connectivity index is 1.57. The third-order valence-corrected chi connectivity index (χ3v) is 5.59. The molecule has 1 aliphatic heterocycles. The molecule has 0 bridgehead atoms. The SMILES string of the molecule is Cc1cc(CSc2ccccc2C(=O)OCC(=O)N2CCCC(C)C2)on1. The standard InChI is InChI=1S/C20H24N2O4S/c1-14-6-5-9-22(11-14)19(23)12-25-20(24)17-7-3-4-8-18(17)27-13-16-10-15(2)21-26-16/h3-4,7-8,10,14H,5-6,9,11-13H2,1-2H3. The van der Waals surface area contributed by atoms with Gasteiger partial charge in [0.1, 0.15) is 5.76 Å². The molecular formula is C20H24N2O4S. The third kappa shape index (κ3) is 5.35. The van der Waals surface area contributed by atoms with Gasteiger partial charge in [-0.25, -0.2) is 4.79 Å². The van der Waals surface area contributed by atoms with Crippen LogP contribution in [0.5, 0.6) is 0 Å². The summed E-state index contributed by atoms with van der Waals surface area (Å²) < 4.78 is 10.5. The minimum Gasteiger partial charge on any atom is -0.452 e. The van der Waals surface area contributed by atoms with Gasteiger partial charge in [0.25, 0.3) is 5.91 Å². The Morgan fingerprint density at radius 2 is 2.19 bits per heavy atom. The molecule has 27 heavy (non-hydrogen) atoms. The number of benzene rings is 1. The second kappa shape index (κ2) is 9.08. The van der Waals surface area contributed by atoms with Gasteiger partial charge in [-0.05, 0) is 37.8 Å². The molecule has 1 aliphatic rings. The van der Waals surface area contributed by atoms with Gasteiger partial charge >= 0.3 is 5.97 Å². The molecule has 1 unspecified atom stereocenters. The number of esters is 1. The van der Waals surface area contributed by atoms with Gasteiger partial charge in [0, 0.05) is 24.1 Å². The predicted octanol–water partition coefficient (Wildman–Crippen LogP) is 3.69. The number of rotatable bonds is 6. The molecule has 144 valence electrons. The topological polar surface area (TPSA) is 72.6 Å². The summed E-state index contributed by atoms with van der Waals surface area (Å²) in [6.45, 7) is 5.26. The minimum absolute atomic E-state index is 0.128. The average molecular weight is 388 g/mol. The number of likely N-dealkylation sites (tertiary alicyclic amines) is 1. The van der Waals surface area contributed by atoms with Gasteiger partial charge < -0.3 is 14.2 Å². The molecule has 0 N–H and O–H groups in total. The number of carbonyl (C=O) groups excluding carboxylic acids is 2. The first kappa shape index (κ1) is 19.5. The molecule has 7 heteroatoms. The number of carbonyl (C=O) groups is 2. The Labute approximate surface area is 163 Å². The van der Waals surface area contributed by atoms with Gasteiger partial charge in [0.05, 0.1) is 17.0 Å². The van der Waals surface area contributed by atoms with Gasteiger partial charge in [0.15, 0.2) is 6.61 Å². The zero-order valence-electron chi connectivity index (χ0n) is 15.6. The number of aromatic nitrogens is 1. The highest BCUT2D eigenvalue weighted by molar-refractivity contribution is 7.98. The van der Waals surface area contributed by atoms with E-state index in [9.17, 15) is 9.59 Å². The van der Waals surface area contributed by atoms with Crippen LogP contribution in [0.1, 0.15) is 41.6 Å². The van der Waals surface area contributed by atoms with E-state index >= 15 is 0 Å². The second-order valence-electron chi connectivity index (χ2n) is 6.88. The van der Waals surface area contributed by atoms with Crippen molar-refractivity contribution in [1.82, 2.24) is 10.1 Å². The summed E-state index contributed by atoms with van der Waals surface area (Å²) in [5.41, 5.74) is 1.28. The van der Waals surface area contributed by atoms with Crippen molar-refractivity contribution in [3.8, 4) is 0 Å². The van der Waals surface area contributed by atoms with Crippen LogP contribution in [0, 0.1) is 12.8 Å². The first-order chi connectivity index (χ1) is 13.0. The third-order valence-electron chi connectivity index (χ3n) is 4.49. The lowest BCUT2D eigenvalue weighted by Gasteiger charge is -2.30. The van der Waals surface area contributed by atoms with Crippen LogP contribution in [-0.2, 0) is 15.3 Å². The monoisotopic (exact) mass is 388 g/mol. The van der Waals surface area contributed by atoms with E-state index in [0.29, 0.717) is 17.2 Å². The van der Waals surface area contributed by atoms with Crippen molar-refractivity contribution in [3.05, 3.63) is 47.3 Å². The van der Waals surface area contributed by atoms with Crippen molar-refractivity contribution >= 4 is 23.6 Å². The molecule has 1 amide bonds. The summed E-state index contributed by atoms with van der Waals surface area (Å²) in [7, 11) is 0. The van der Waals surface area contributed by atoms with E-state index in [0.717, 1.165) is 42.3 Å². The minimum atomic E-state index is -0.481. The first-order valence-corrected chi connectivity index (χ1v) is 10.1. The number of ether oxygens (including phenoxy) is 1. The predicted molar refractivity (Wildman–Crippen MR) is 103 cm³/mol. The molecular weight excluding hydrogens is 364 g/mol. The van der Waals surface area contributed by atoms with Gasteiger partial charge in [-0.3, -0.25) is 4.79 Å². The number of hydrogen-bond donors (Lipinski definition) is 0. The fourth-order valence-electron chi connectivity index (χ4n) is 3.11. The first-order valence-electron chi connectivity index (χ1n) is 9.12. The van der Waals surface area contributed by atoms with Crippen molar-refractivity contribution in [2.75, 3.05) is 19.7 Å². The Morgan fingerprint density at radius 3 is 2.93 bits per heavy atom. The van der Waals surface area contributed by atoms with E-state index in [2.05, 4.69) is 12.1 Å². The Kier molecular flexibility index (Phi) is 6.55. The van der Waals surface area contributed by atoms with Crippen molar-refractivity contribution in [2.24, 2.45) is 5.92 Å². The number of nitrogens with zero attached hydrogens (tertiary/aromatic N) is 2. The summed E-state index contributed by atoms with van der Waals surface area (Å²) in [5.74, 6) is 1.20. The largest absolute Gasteiger partial charge is 0.452 e. The molecule has 0 radical (unpaired) electrons. The highest BCUT2D eigenvalue weighted by Gasteiger charge is 2.22. The van der Waals surface area contributed by atoms with E-state index < -0.39 is 5.97 Å². The lowest BCUT2D eigenvalue weighted by molar-refractivity contribution is -0.136.